The molecule has 4 heterocycles. The second-order valence-corrected chi connectivity index (χ2v) is 13.2. The smallest absolute Gasteiger partial charge is 0.248 e. The Hall–Kier alpha value is -3.57. The molecular weight excluding hydrogens is 528 g/mol. The number of hydrogen-bond donors (Lipinski definition) is 3. The highest BCUT2D eigenvalue weighted by Crippen LogP contribution is 2.40. The van der Waals surface area contributed by atoms with Gasteiger partial charge in [-0.2, -0.15) is 0 Å². The summed E-state index contributed by atoms with van der Waals surface area (Å²) >= 11 is 0. The van der Waals surface area contributed by atoms with Gasteiger partial charge in [0.25, 0.3) is 0 Å². The summed E-state index contributed by atoms with van der Waals surface area (Å²) in [5, 5.41) is 5.37. The highest BCUT2D eigenvalue weighted by molar-refractivity contribution is 7.91. The van der Waals surface area contributed by atoms with Crippen LogP contribution in [0.25, 0.3) is 21.9 Å². The van der Waals surface area contributed by atoms with E-state index >= 15 is 0 Å². The number of primary amides is 1. The lowest BCUT2D eigenvalue weighted by Gasteiger charge is -2.33. The fourth-order valence-electron chi connectivity index (χ4n) is 6.32. The number of fused-ring (bicyclic) bond motifs is 3. The van der Waals surface area contributed by atoms with E-state index in [1.54, 1.807) is 36.8 Å². The monoisotopic (exact) mass is 562 g/mol. The Morgan fingerprint density at radius 2 is 1.85 bits per heavy atom. The minimum absolute atomic E-state index is 0.0585. The predicted molar refractivity (Wildman–Crippen MR) is 153 cm³/mol. The van der Waals surface area contributed by atoms with Crippen LogP contribution < -0.4 is 15.8 Å². The quantitative estimate of drug-likeness (QED) is 0.294. The van der Waals surface area contributed by atoms with Gasteiger partial charge in [-0.25, -0.2) is 23.4 Å². The first-order valence-electron chi connectivity index (χ1n) is 13.9. The number of benzene rings is 1. The molecule has 0 radical (unpaired) electrons. The highest BCUT2D eigenvalue weighted by atomic mass is 32.2. The van der Waals surface area contributed by atoms with Crippen molar-refractivity contribution in [3.63, 3.8) is 0 Å². The summed E-state index contributed by atoms with van der Waals surface area (Å²) in [5.74, 6) is 0.139. The highest BCUT2D eigenvalue weighted by Gasteiger charge is 2.39. The lowest BCUT2D eigenvalue weighted by atomic mass is 9.80. The van der Waals surface area contributed by atoms with E-state index in [1.165, 1.54) is 0 Å². The van der Waals surface area contributed by atoms with Crippen LogP contribution >= 0.6 is 0 Å². The van der Waals surface area contributed by atoms with E-state index in [0.29, 0.717) is 17.9 Å². The van der Waals surface area contributed by atoms with Crippen LogP contribution in [0.4, 0.5) is 0 Å². The van der Waals surface area contributed by atoms with Crippen molar-refractivity contribution < 1.29 is 17.9 Å². The molecule has 210 valence electrons. The van der Waals surface area contributed by atoms with Crippen molar-refractivity contribution in [3.05, 3.63) is 60.3 Å². The predicted octanol–water partition coefficient (Wildman–Crippen LogP) is 3.70. The number of nitrogens with one attached hydrogen (secondary N) is 2. The number of pyridine rings is 1. The van der Waals surface area contributed by atoms with Crippen LogP contribution in [0.3, 0.4) is 0 Å². The van der Waals surface area contributed by atoms with Crippen LogP contribution in [0.1, 0.15) is 60.5 Å². The van der Waals surface area contributed by atoms with Crippen molar-refractivity contribution in [2.24, 2.45) is 17.6 Å². The van der Waals surface area contributed by atoms with E-state index in [4.69, 9.17) is 10.5 Å². The Kier molecular flexibility index (Phi) is 7.41. The Bertz CT molecular complexity index is 1610. The third-order valence-corrected chi connectivity index (χ3v) is 10.5. The van der Waals surface area contributed by atoms with Crippen LogP contribution in [-0.2, 0) is 9.84 Å². The fraction of sp³-hybridized carbons (Fsp3) is 0.448. The SMILES string of the molecule is NC(=O)c1ccc(OC(C2CCCNC2)S(=O)(=O)CC2CCC(c3ncnc4cnc5[nH]ccc5c34)CC2)cc1. The number of H-pyrrole nitrogens is 1. The summed E-state index contributed by atoms with van der Waals surface area (Å²) in [7, 11) is -3.58. The van der Waals surface area contributed by atoms with Crippen molar-refractivity contribution in [3.8, 4) is 5.75 Å². The molecule has 2 unspecified atom stereocenters. The Balaban J connectivity index is 1.18. The normalized spacial score (nSPS) is 22.8. The molecule has 4 aromatic rings. The minimum atomic E-state index is -3.58. The minimum Gasteiger partial charge on any atom is -0.474 e. The molecule has 1 aromatic carbocycles. The number of nitrogens with zero attached hydrogens (tertiary/aromatic N) is 3. The summed E-state index contributed by atoms with van der Waals surface area (Å²) < 4.78 is 33.9. The number of aromatic amines is 1. The fourth-order valence-corrected chi connectivity index (χ4v) is 8.58. The molecular formula is C29H34N6O4S. The first-order valence-corrected chi connectivity index (χ1v) is 15.7. The van der Waals surface area contributed by atoms with Gasteiger partial charge in [-0.1, -0.05) is 0 Å². The van der Waals surface area contributed by atoms with Gasteiger partial charge in [0.2, 0.25) is 11.3 Å². The van der Waals surface area contributed by atoms with Crippen molar-refractivity contribution >= 4 is 37.7 Å². The summed E-state index contributed by atoms with van der Waals surface area (Å²) in [6.45, 7) is 1.47. The number of ether oxygens (including phenoxy) is 1. The third-order valence-electron chi connectivity index (χ3n) is 8.38. The van der Waals surface area contributed by atoms with Gasteiger partial charge in [-0.05, 0) is 81.3 Å². The van der Waals surface area contributed by atoms with Gasteiger partial charge >= 0.3 is 0 Å². The van der Waals surface area contributed by atoms with Gasteiger partial charge in [0.1, 0.15) is 17.7 Å². The standard InChI is InChI=1S/C29H34N6O4S/c30-27(36)20-7-9-22(10-8-20)39-29(21-2-1-12-31-14-21)40(37,38)16-18-3-5-19(6-4-18)26-25-23-11-13-32-28(23)33-15-24(25)34-17-35-26/h7-11,13,15,17-19,21,29,31H,1-6,12,14,16H2,(H2,30,36)(H,32,33). The summed E-state index contributed by atoms with van der Waals surface area (Å²) in [5.41, 5.74) is 7.42. The average Bonchev–Trinajstić information content (AvgIpc) is 3.46. The van der Waals surface area contributed by atoms with Gasteiger partial charge in [0.15, 0.2) is 9.84 Å². The second kappa shape index (κ2) is 11.1. The molecule has 2 aliphatic rings. The van der Waals surface area contributed by atoms with Crippen LogP contribution in [0.15, 0.2) is 49.1 Å². The summed E-state index contributed by atoms with van der Waals surface area (Å²) in [6, 6.07) is 8.38. The number of nitrogens with two attached hydrogens (primary N) is 1. The number of piperidine rings is 1. The topological polar surface area (TPSA) is 153 Å². The second-order valence-electron chi connectivity index (χ2n) is 11.0. The maximum absolute atomic E-state index is 13.9. The summed E-state index contributed by atoms with van der Waals surface area (Å²) in [4.78, 5) is 28.2. The zero-order valence-corrected chi connectivity index (χ0v) is 23.1. The van der Waals surface area contributed by atoms with Gasteiger partial charge in [-0.15, -0.1) is 0 Å². The first kappa shape index (κ1) is 26.6. The first-order chi connectivity index (χ1) is 19.4. The lowest BCUT2D eigenvalue weighted by Crippen LogP contribution is -2.45. The van der Waals surface area contributed by atoms with Gasteiger partial charge in [0, 0.05) is 40.9 Å². The van der Waals surface area contributed by atoms with Gasteiger partial charge < -0.3 is 20.8 Å². The molecule has 1 aliphatic heterocycles. The molecule has 6 rings (SSSR count). The molecule has 2 fully saturated rings. The van der Waals surface area contributed by atoms with Crippen molar-refractivity contribution in [2.75, 3.05) is 18.8 Å². The molecule has 1 saturated carbocycles. The van der Waals surface area contributed by atoms with Crippen molar-refractivity contribution in [2.45, 2.75) is 49.9 Å². The zero-order chi connectivity index (χ0) is 27.7. The molecule has 40 heavy (non-hydrogen) atoms. The molecule has 10 nitrogen and oxygen atoms in total. The molecule has 1 aliphatic carbocycles. The van der Waals surface area contributed by atoms with Crippen LogP contribution in [-0.4, -0.2) is 58.5 Å². The average molecular weight is 563 g/mol. The van der Waals surface area contributed by atoms with E-state index in [2.05, 4.69) is 25.3 Å². The largest absolute Gasteiger partial charge is 0.474 e. The van der Waals surface area contributed by atoms with E-state index in [0.717, 1.165) is 72.7 Å². The number of aromatic nitrogens is 4. The number of sulfone groups is 1. The van der Waals surface area contributed by atoms with Crippen LogP contribution in [0, 0.1) is 11.8 Å². The maximum Gasteiger partial charge on any atom is 0.248 e. The number of amides is 1. The van der Waals surface area contributed by atoms with Crippen LogP contribution in [0.5, 0.6) is 5.75 Å². The molecule has 2 atom stereocenters. The Morgan fingerprint density at radius 1 is 1.05 bits per heavy atom. The number of carbonyl (C=O) groups excluding carboxylic acids is 1. The molecule has 4 N–H and O–H groups in total. The molecule has 3 aromatic heterocycles. The van der Waals surface area contributed by atoms with E-state index in [1.807, 2.05) is 12.3 Å². The van der Waals surface area contributed by atoms with E-state index in [-0.39, 0.29) is 23.5 Å². The number of hydrogen-bond acceptors (Lipinski definition) is 8. The number of rotatable bonds is 8. The zero-order valence-electron chi connectivity index (χ0n) is 22.3. The molecule has 11 heteroatoms. The molecule has 1 amide bonds. The molecule has 1 saturated heterocycles. The summed E-state index contributed by atoms with van der Waals surface area (Å²) in [6.07, 6.45) is 10.3. The third kappa shape index (κ3) is 5.40. The Labute approximate surface area is 233 Å². The van der Waals surface area contributed by atoms with Gasteiger partial charge in [0.05, 0.1) is 23.2 Å². The van der Waals surface area contributed by atoms with E-state index in [9.17, 15) is 13.2 Å². The Morgan fingerprint density at radius 3 is 2.58 bits per heavy atom. The number of carbonyl (C=O) groups is 1. The van der Waals surface area contributed by atoms with Gasteiger partial charge in [-0.3, -0.25) is 4.79 Å². The molecule has 0 bridgehead atoms. The molecule has 0 spiro atoms. The van der Waals surface area contributed by atoms with Crippen LogP contribution in [0.2, 0.25) is 0 Å². The van der Waals surface area contributed by atoms with Crippen molar-refractivity contribution in [1.29, 1.82) is 0 Å². The maximum atomic E-state index is 13.9. The lowest BCUT2D eigenvalue weighted by molar-refractivity contribution is 0.1000. The van der Waals surface area contributed by atoms with E-state index < -0.39 is 21.2 Å². The van der Waals surface area contributed by atoms with Crippen molar-refractivity contribution in [1.82, 2.24) is 25.3 Å².